The molecule has 0 fully saturated rings. The van der Waals surface area contributed by atoms with Gasteiger partial charge in [-0.3, -0.25) is 4.79 Å². The first-order valence-corrected chi connectivity index (χ1v) is 8.71. The molecule has 0 aliphatic carbocycles. The molecule has 0 unspecified atom stereocenters. The Morgan fingerprint density at radius 2 is 1.93 bits per heavy atom. The molecular weight excluding hydrogens is 343 g/mol. The molecule has 0 saturated carbocycles. The van der Waals surface area contributed by atoms with Crippen LogP contribution in [-0.2, 0) is 6.54 Å². The lowest BCUT2D eigenvalue weighted by Gasteiger charge is -2.13. The van der Waals surface area contributed by atoms with Gasteiger partial charge in [-0.2, -0.15) is 0 Å². The fourth-order valence-electron chi connectivity index (χ4n) is 3.23. The van der Waals surface area contributed by atoms with Crippen LogP contribution in [0.1, 0.15) is 27.2 Å². The van der Waals surface area contributed by atoms with Crippen LogP contribution >= 0.6 is 0 Å². The van der Waals surface area contributed by atoms with Gasteiger partial charge < -0.3 is 14.3 Å². The molecule has 0 saturated heterocycles. The zero-order chi connectivity index (χ0) is 19.0. The lowest BCUT2D eigenvalue weighted by Crippen LogP contribution is -2.18. The minimum absolute atomic E-state index is 0.230. The van der Waals surface area contributed by atoms with Crippen LogP contribution in [0.25, 0.3) is 11.1 Å². The number of hydrogen-bond acceptors (Lipinski definition) is 2. The normalized spacial score (nSPS) is 11.1. The van der Waals surface area contributed by atoms with E-state index in [4.69, 9.17) is 4.42 Å². The molecule has 0 atom stereocenters. The molecule has 1 N–H and O–H groups in total. The number of hydrogen-bond donors (Lipinski definition) is 1. The largest absolute Gasteiger partial charge is 0.463 e. The van der Waals surface area contributed by atoms with Gasteiger partial charge in [-0.1, -0.05) is 24.3 Å². The van der Waals surface area contributed by atoms with Gasteiger partial charge in [0, 0.05) is 24.4 Å². The molecule has 0 aliphatic heterocycles. The van der Waals surface area contributed by atoms with E-state index in [2.05, 4.69) is 5.32 Å². The number of fused-ring (bicyclic) bond motifs is 1. The van der Waals surface area contributed by atoms with Crippen LogP contribution < -0.4 is 5.32 Å². The smallest absolute Gasteiger partial charge is 0.272 e. The number of carbonyl (C=O) groups excluding carboxylic acids is 1. The first-order valence-electron chi connectivity index (χ1n) is 8.71. The second kappa shape index (κ2) is 6.76. The Morgan fingerprint density at radius 1 is 1.11 bits per heavy atom. The highest BCUT2D eigenvalue weighted by atomic mass is 19.1. The third-order valence-electron chi connectivity index (χ3n) is 4.84. The van der Waals surface area contributed by atoms with Crippen molar-refractivity contribution in [3.8, 4) is 0 Å². The number of aryl methyl sites for hydroxylation is 1. The first-order chi connectivity index (χ1) is 13.0. The third-order valence-corrected chi connectivity index (χ3v) is 4.84. The Balaban J connectivity index is 1.72. The number of carbonyl (C=O) groups is 1. The maximum Gasteiger partial charge on any atom is 0.272 e. The van der Waals surface area contributed by atoms with Crippen molar-refractivity contribution in [2.75, 3.05) is 5.32 Å². The van der Waals surface area contributed by atoms with Gasteiger partial charge in [-0.25, -0.2) is 4.39 Å². The van der Waals surface area contributed by atoms with Gasteiger partial charge in [0.25, 0.3) is 5.91 Å². The van der Waals surface area contributed by atoms with E-state index >= 15 is 0 Å². The summed E-state index contributed by atoms with van der Waals surface area (Å²) in [6, 6.07) is 15.7. The lowest BCUT2D eigenvalue weighted by atomic mass is 10.1. The quantitative estimate of drug-likeness (QED) is 0.536. The maximum atomic E-state index is 13.6. The van der Waals surface area contributed by atoms with Crippen molar-refractivity contribution in [3.05, 3.63) is 89.1 Å². The Bertz CT molecular complexity index is 1140. The number of aromatic nitrogens is 1. The number of benzene rings is 2. The third kappa shape index (κ3) is 3.24. The standard InChI is InChI=1S/C22H19FN2O2/c1-14-5-3-8-18(15(14)2)24-22(26)20-12-21-19(9-10-27-21)25(20)13-16-6-4-7-17(23)11-16/h3-12H,13H2,1-2H3,(H,24,26). The molecule has 136 valence electrons. The molecule has 1 amide bonds. The zero-order valence-electron chi connectivity index (χ0n) is 15.1. The van der Waals surface area contributed by atoms with Crippen molar-refractivity contribution in [2.45, 2.75) is 20.4 Å². The van der Waals surface area contributed by atoms with Gasteiger partial charge in [-0.05, 0) is 48.7 Å². The number of nitrogens with zero attached hydrogens (tertiary/aromatic N) is 1. The van der Waals surface area contributed by atoms with Gasteiger partial charge in [0.05, 0.1) is 11.8 Å². The average molecular weight is 362 g/mol. The number of halogens is 1. The fraction of sp³-hybridized carbons (Fsp3) is 0.136. The van der Waals surface area contributed by atoms with E-state index in [0.717, 1.165) is 27.9 Å². The summed E-state index contributed by atoms with van der Waals surface area (Å²) >= 11 is 0. The van der Waals surface area contributed by atoms with Crippen molar-refractivity contribution in [2.24, 2.45) is 0 Å². The Kier molecular flexibility index (Phi) is 4.28. The van der Waals surface area contributed by atoms with E-state index in [-0.39, 0.29) is 11.7 Å². The highest BCUT2D eigenvalue weighted by molar-refractivity contribution is 6.06. The van der Waals surface area contributed by atoms with Crippen LogP contribution in [0, 0.1) is 19.7 Å². The van der Waals surface area contributed by atoms with E-state index in [0.29, 0.717) is 17.8 Å². The Labute approximate surface area is 156 Å². The lowest BCUT2D eigenvalue weighted by molar-refractivity contribution is 0.101. The minimum Gasteiger partial charge on any atom is -0.463 e. The Hall–Kier alpha value is -3.34. The zero-order valence-corrected chi connectivity index (χ0v) is 15.1. The molecule has 0 spiro atoms. The summed E-state index contributed by atoms with van der Waals surface area (Å²) in [5.74, 6) is -0.531. The summed E-state index contributed by atoms with van der Waals surface area (Å²) in [5.41, 5.74) is 5.57. The number of rotatable bonds is 4. The molecule has 4 rings (SSSR count). The van der Waals surface area contributed by atoms with Crippen molar-refractivity contribution in [3.63, 3.8) is 0 Å². The van der Waals surface area contributed by atoms with Gasteiger partial charge in [0.1, 0.15) is 11.5 Å². The minimum atomic E-state index is -0.301. The maximum absolute atomic E-state index is 13.6. The van der Waals surface area contributed by atoms with Crippen molar-refractivity contribution in [1.82, 2.24) is 4.57 Å². The molecule has 0 radical (unpaired) electrons. The van der Waals surface area contributed by atoms with Crippen molar-refractivity contribution < 1.29 is 13.6 Å². The number of nitrogens with one attached hydrogen (secondary N) is 1. The molecule has 4 nitrogen and oxygen atoms in total. The van der Waals surface area contributed by atoms with E-state index in [1.54, 1.807) is 18.4 Å². The van der Waals surface area contributed by atoms with Crippen molar-refractivity contribution in [1.29, 1.82) is 0 Å². The molecule has 0 aliphatic rings. The van der Waals surface area contributed by atoms with Crippen molar-refractivity contribution >= 4 is 22.7 Å². The van der Waals surface area contributed by atoms with Gasteiger partial charge in [0.2, 0.25) is 0 Å². The fourth-order valence-corrected chi connectivity index (χ4v) is 3.23. The van der Waals surface area contributed by atoms with Crippen LogP contribution in [0.15, 0.2) is 65.3 Å². The second-order valence-electron chi connectivity index (χ2n) is 6.62. The van der Waals surface area contributed by atoms with E-state index < -0.39 is 0 Å². The summed E-state index contributed by atoms with van der Waals surface area (Å²) in [4.78, 5) is 13.0. The van der Waals surface area contributed by atoms with Crippen LogP contribution in [0.2, 0.25) is 0 Å². The molecule has 27 heavy (non-hydrogen) atoms. The highest BCUT2D eigenvalue weighted by Crippen LogP contribution is 2.25. The highest BCUT2D eigenvalue weighted by Gasteiger charge is 2.18. The number of furan rings is 1. The summed E-state index contributed by atoms with van der Waals surface area (Å²) in [6.07, 6.45) is 1.58. The molecule has 2 heterocycles. The molecule has 0 bridgehead atoms. The molecule has 5 heteroatoms. The predicted octanol–water partition coefficient (Wildman–Crippen LogP) is 5.29. The Morgan fingerprint density at radius 3 is 2.74 bits per heavy atom. The molecule has 4 aromatic rings. The SMILES string of the molecule is Cc1cccc(NC(=O)c2cc3occc3n2Cc2cccc(F)c2)c1C. The summed E-state index contributed by atoms with van der Waals surface area (Å²) in [7, 11) is 0. The second-order valence-corrected chi connectivity index (χ2v) is 6.62. The monoisotopic (exact) mass is 362 g/mol. The van der Waals surface area contributed by atoms with E-state index in [1.807, 2.05) is 48.7 Å². The average Bonchev–Trinajstić information content (AvgIpc) is 3.22. The van der Waals surface area contributed by atoms with Gasteiger partial charge >= 0.3 is 0 Å². The van der Waals surface area contributed by atoms with Crippen LogP contribution in [0.4, 0.5) is 10.1 Å². The summed E-state index contributed by atoms with van der Waals surface area (Å²) < 4.78 is 20.9. The van der Waals surface area contributed by atoms with E-state index in [9.17, 15) is 9.18 Å². The topological polar surface area (TPSA) is 47.2 Å². The molecular formula is C22H19FN2O2. The summed E-state index contributed by atoms with van der Waals surface area (Å²) in [6.45, 7) is 4.35. The predicted molar refractivity (Wildman–Crippen MR) is 104 cm³/mol. The first kappa shape index (κ1) is 17.1. The van der Waals surface area contributed by atoms with Gasteiger partial charge in [0.15, 0.2) is 5.58 Å². The number of anilines is 1. The van der Waals surface area contributed by atoms with E-state index in [1.165, 1.54) is 12.1 Å². The van der Waals surface area contributed by atoms with Crippen LogP contribution in [-0.4, -0.2) is 10.5 Å². The summed E-state index contributed by atoms with van der Waals surface area (Å²) in [5, 5.41) is 2.98. The molecule has 2 aromatic carbocycles. The van der Waals surface area contributed by atoms with Crippen LogP contribution in [0.5, 0.6) is 0 Å². The molecule has 2 aromatic heterocycles. The van der Waals surface area contributed by atoms with Crippen LogP contribution in [0.3, 0.4) is 0 Å². The van der Waals surface area contributed by atoms with Gasteiger partial charge in [-0.15, -0.1) is 0 Å². The number of amides is 1.